The quantitative estimate of drug-likeness (QED) is 0.453. The van der Waals surface area contributed by atoms with Crippen LogP contribution in [-0.2, 0) is 6.54 Å². The van der Waals surface area contributed by atoms with Crippen LogP contribution in [0.2, 0.25) is 0 Å². The first-order chi connectivity index (χ1) is 7.77. The number of hydrogen-bond donors (Lipinski definition) is 1. The number of nitrogens with zero attached hydrogens (tertiary/aromatic N) is 2. The average molecular weight is 219 g/mol. The molecule has 1 rings (SSSR count). The lowest BCUT2D eigenvalue weighted by atomic mass is 10.1. The van der Waals surface area contributed by atoms with Gasteiger partial charge in [0.2, 0.25) is 0 Å². The highest BCUT2D eigenvalue weighted by Crippen LogP contribution is 2.09. The fourth-order valence-corrected chi connectivity index (χ4v) is 1.68. The summed E-state index contributed by atoms with van der Waals surface area (Å²) in [7, 11) is 2.14. The Balaban J connectivity index is 2.64. The molecule has 0 radical (unpaired) electrons. The second kappa shape index (κ2) is 7.01. The molecule has 2 N–H and O–H groups in total. The highest BCUT2D eigenvalue weighted by Gasteiger charge is 2.03. The molecule has 0 saturated heterocycles. The van der Waals surface area contributed by atoms with Gasteiger partial charge in [-0.05, 0) is 31.1 Å². The van der Waals surface area contributed by atoms with Gasteiger partial charge in [0, 0.05) is 6.54 Å². The fraction of sp³-hybridized carbons (Fsp3) is 0.462. The summed E-state index contributed by atoms with van der Waals surface area (Å²) in [4.78, 5) is 2.33. The van der Waals surface area contributed by atoms with Crippen LogP contribution >= 0.6 is 0 Å². The number of hydrogen-bond acceptors (Lipinski definition) is 3. The molecule has 0 aliphatic heterocycles. The van der Waals surface area contributed by atoms with Crippen LogP contribution in [0, 0.1) is 0 Å². The third kappa shape index (κ3) is 4.03. The SMILES string of the molecule is CCCCN(C)Cc1ccccc1C=NN. The second-order valence-corrected chi connectivity index (χ2v) is 4.07. The van der Waals surface area contributed by atoms with Gasteiger partial charge >= 0.3 is 0 Å². The summed E-state index contributed by atoms with van der Waals surface area (Å²) in [6.45, 7) is 4.29. The van der Waals surface area contributed by atoms with Crippen molar-refractivity contribution in [3.63, 3.8) is 0 Å². The molecule has 0 spiro atoms. The van der Waals surface area contributed by atoms with Crippen LogP contribution in [0.1, 0.15) is 30.9 Å². The summed E-state index contributed by atoms with van der Waals surface area (Å²) < 4.78 is 0. The second-order valence-electron chi connectivity index (χ2n) is 4.07. The normalized spacial score (nSPS) is 11.4. The summed E-state index contributed by atoms with van der Waals surface area (Å²) >= 11 is 0. The monoisotopic (exact) mass is 219 g/mol. The predicted octanol–water partition coefficient (Wildman–Crippen LogP) is 2.21. The van der Waals surface area contributed by atoms with Gasteiger partial charge in [0.25, 0.3) is 0 Å². The third-order valence-corrected chi connectivity index (χ3v) is 2.60. The van der Waals surface area contributed by atoms with E-state index in [1.807, 2.05) is 12.1 Å². The van der Waals surface area contributed by atoms with E-state index in [9.17, 15) is 0 Å². The van der Waals surface area contributed by atoms with Crippen molar-refractivity contribution in [3.05, 3.63) is 35.4 Å². The van der Waals surface area contributed by atoms with E-state index in [-0.39, 0.29) is 0 Å². The predicted molar refractivity (Wildman–Crippen MR) is 69.5 cm³/mol. The lowest BCUT2D eigenvalue weighted by Crippen LogP contribution is -2.19. The number of benzene rings is 1. The van der Waals surface area contributed by atoms with Crippen molar-refractivity contribution in [1.29, 1.82) is 0 Å². The van der Waals surface area contributed by atoms with Crippen molar-refractivity contribution in [2.75, 3.05) is 13.6 Å². The molecular weight excluding hydrogens is 198 g/mol. The molecule has 0 aliphatic rings. The van der Waals surface area contributed by atoms with Gasteiger partial charge in [0.1, 0.15) is 0 Å². The Labute approximate surface area is 98.0 Å². The molecule has 0 amide bonds. The Morgan fingerprint density at radius 1 is 1.38 bits per heavy atom. The summed E-state index contributed by atoms with van der Waals surface area (Å²) in [6, 6.07) is 8.22. The molecule has 1 aromatic rings. The summed E-state index contributed by atoms with van der Waals surface area (Å²) in [5.74, 6) is 5.20. The maximum atomic E-state index is 5.20. The Morgan fingerprint density at radius 3 is 2.81 bits per heavy atom. The van der Waals surface area contributed by atoms with Crippen molar-refractivity contribution < 1.29 is 0 Å². The molecule has 0 atom stereocenters. The highest BCUT2D eigenvalue weighted by atomic mass is 15.1. The number of nitrogens with two attached hydrogens (primary N) is 1. The number of rotatable bonds is 6. The lowest BCUT2D eigenvalue weighted by Gasteiger charge is -2.17. The average Bonchev–Trinajstić information content (AvgIpc) is 2.29. The molecule has 0 saturated carbocycles. The molecule has 0 heterocycles. The standard InChI is InChI=1S/C13H21N3/c1-3-4-9-16(2)11-13-8-6-5-7-12(13)10-15-14/h5-8,10H,3-4,9,11,14H2,1-2H3. The van der Waals surface area contributed by atoms with Crippen LogP contribution < -0.4 is 5.84 Å². The van der Waals surface area contributed by atoms with Crippen LogP contribution in [0.15, 0.2) is 29.4 Å². The lowest BCUT2D eigenvalue weighted by molar-refractivity contribution is 0.320. The maximum Gasteiger partial charge on any atom is 0.0541 e. The van der Waals surface area contributed by atoms with E-state index in [1.165, 1.54) is 18.4 Å². The molecule has 0 aromatic heterocycles. The van der Waals surface area contributed by atoms with Crippen LogP contribution in [0.5, 0.6) is 0 Å². The molecule has 0 aliphatic carbocycles. The molecule has 1 aromatic carbocycles. The first-order valence-electron chi connectivity index (χ1n) is 5.77. The molecule has 0 fully saturated rings. The third-order valence-electron chi connectivity index (χ3n) is 2.60. The Morgan fingerprint density at radius 2 is 2.12 bits per heavy atom. The van der Waals surface area contributed by atoms with Gasteiger partial charge in [-0.25, -0.2) is 0 Å². The summed E-state index contributed by atoms with van der Waals surface area (Å²) in [5, 5.41) is 3.59. The smallest absolute Gasteiger partial charge is 0.0541 e. The molecule has 3 heteroatoms. The van der Waals surface area contributed by atoms with E-state index in [2.05, 4.69) is 36.1 Å². The minimum Gasteiger partial charge on any atom is -0.323 e. The molecular formula is C13H21N3. The van der Waals surface area contributed by atoms with Crippen molar-refractivity contribution in [3.8, 4) is 0 Å². The fourth-order valence-electron chi connectivity index (χ4n) is 1.68. The van der Waals surface area contributed by atoms with Gasteiger partial charge in [-0.3, -0.25) is 0 Å². The van der Waals surface area contributed by atoms with Crippen molar-refractivity contribution in [2.45, 2.75) is 26.3 Å². The zero-order valence-corrected chi connectivity index (χ0v) is 10.2. The van der Waals surface area contributed by atoms with E-state index in [1.54, 1.807) is 6.21 Å². The zero-order valence-electron chi connectivity index (χ0n) is 10.2. The van der Waals surface area contributed by atoms with Crippen LogP contribution in [0.4, 0.5) is 0 Å². The van der Waals surface area contributed by atoms with Gasteiger partial charge in [-0.1, -0.05) is 37.6 Å². The molecule has 0 bridgehead atoms. The molecule has 88 valence electrons. The summed E-state index contributed by atoms with van der Waals surface area (Å²) in [5.41, 5.74) is 2.38. The maximum absolute atomic E-state index is 5.20. The molecule has 0 unspecified atom stereocenters. The van der Waals surface area contributed by atoms with E-state index < -0.39 is 0 Å². The van der Waals surface area contributed by atoms with Gasteiger partial charge in [0.15, 0.2) is 0 Å². The highest BCUT2D eigenvalue weighted by molar-refractivity contribution is 5.81. The Kier molecular flexibility index (Phi) is 5.57. The minimum absolute atomic E-state index is 0.947. The van der Waals surface area contributed by atoms with Crippen molar-refractivity contribution >= 4 is 6.21 Å². The summed E-state index contributed by atoms with van der Waals surface area (Å²) in [6.07, 6.45) is 4.18. The van der Waals surface area contributed by atoms with Crippen LogP contribution in [0.25, 0.3) is 0 Å². The largest absolute Gasteiger partial charge is 0.323 e. The van der Waals surface area contributed by atoms with Crippen molar-refractivity contribution in [2.24, 2.45) is 10.9 Å². The van der Waals surface area contributed by atoms with Gasteiger partial charge in [-0.2, -0.15) is 5.10 Å². The Hall–Kier alpha value is -1.35. The van der Waals surface area contributed by atoms with E-state index in [0.29, 0.717) is 0 Å². The van der Waals surface area contributed by atoms with E-state index in [4.69, 9.17) is 5.84 Å². The van der Waals surface area contributed by atoms with E-state index >= 15 is 0 Å². The van der Waals surface area contributed by atoms with Crippen LogP contribution in [-0.4, -0.2) is 24.7 Å². The van der Waals surface area contributed by atoms with Gasteiger partial charge in [-0.15, -0.1) is 0 Å². The van der Waals surface area contributed by atoms with Crippen molar-refractivity contribution in [1.82, 2.24) is 4.90 Å². The van der Waals surface area contributed by atoms with E-state index in [0.717, 1.165) is 18.7 Å². The first-order valence-corrected chi connectivity index (χ1v) is 5.77. The van der Waals surface area contributed by atoms with Gasteiger partial charge < -0.3 is 10.7 Å². The van der Waals surface area contributed by atoms with Gasteiger partial charge in [0.05, 0.1) is 6.21 Å². The first kappa shape index (κ1) is 12.7. The number of hydrazone groups is 1. The molecule has 3 nitrogen and oxygen atoms in total. The molecule has 16 heavy (non-hydrogen) atoms. The topological polar surface area (TPSA) is 41.6 Å². The van der Waals surface area contributed by atoms with Crippen LogP contribution in [0.3, 0.4) is 0 Å². The minimum atomic E-state index is 0.947. The number of unbranched alkanes of at least 4 members (excludes halogenated alkanes) is 1. The zero-order chi connectivity index (χ0) is 11.8. The Bertz CT molecular complexity index is 334.